The number of nitrogens with one attached hydrogen (secondary N) is 2. The molecular weight excluding hydrogens is 413 g/mol. The van der Waals surface area contributed by atoms with Crippen LogP contribution in [0.25, 0.3) is 0 Å². The van der Waals surface area contributed by atoms with Gasteiger partial charge in [-0.3, -0.25) is 14.3 Å². The van der Waals surface area contributed by atoms with Crippen LogP contribution in [-0.4, -0.2) is 35.6 Å². The summed E-state index contributed by atoms with van der Waals surface area (Å²) in [7, 11) is -4.21. The molecule has 27 heavy (non-hydrogen) atoms. The fourth-order valence-corrected chi connectivity index (χ4v) is 3.56. The molecule has 2 rings (SSSR count). The Morgan fingerprint density at radius 3 is 2.26 bits per heavy atom. The van der Waals surface area contributed by atoms with Gasteiger partial charge in [-0.05, 0) is 24.3 Å². The number of aliphatic carboxylic acids is 1. The van der Waals surface area contributed by atoms with Crippen molar-refractivity contribution in [1.82, 2.24) is 10.2 Å². The molecule has 3 N–H and O–H groups in total. The molecule has 0 saturated heterocycles. The van der Waals surface area contributed by atoms with Gasteiger partial charge in [0.15, 0.2) is 0 Å². The van der Waals surface area contributed by atoms with Gasteiger partial charge in [-0.25, -0.2) is 8.42 Å². The monoisotopic (exact) mass is 424 g/mol. The average molecular weight is 424 g/mol. The summed E-state index contributed by atoms with van der Waals surface area (Å²) < 4.78 is 63.6. The fourth-order valence-electron chi connectivity index (χ4n) is 1.71. The minimum absolute atomic E-state index is 0.0382. The highest BCUT2D eigenvalue weighted by Crippen LogP contribution is 2.33. The third-order valence-corrected chi connectivity index (χ3v) is 5.27. The number of alkyl halides is 3. The average Bonchev–Trinajstić information content (AvgIpc) is 3.01. The summed E-state index contributed by atoms with van der Waals surface area (Å²) in [5.41, 5.74) is 0.222. The number of aromatic nitrogens is 2. The minimum atomic E-state index is -4.73. The molecular formula is C13H11F3N4O5S2. The number of anilines is 2. The Bertz CT molecular complexity index is 942. The Kier molecular flexibility index (Phi) is 6.00. The molecule has 0 bridgehead atoms. The van der Waals surface area contributed by atoms with Crippen molar-refractivity contribution in [1.29, 1.82) is 0 Å². The van der Waals surface area contributed by atoms with Crippen molar-refractivity contribution in [2.75, 3.05) is 10.0 Å². The van der Waals surface area contributed by atoms with E-state index in [9.17, 15) is 31.2 Å². The number of sulfonamides is 1. The van der Waals surface area contributed by atoms with Gasteiger partial charge in [0.25, 0.3) is 10.0 Å². The number of amides is 1. The van der Waals surface area contributed by atoms with Crippen molar-refractivity contribution in [3.8, 4) is 0 Å². The quantitative estimate of drug-likeness (QED) is 0.619. The van der Waals surface area contributed by atoms with Crippen molar-refractivity contribution < 1.29 is 36.3 Å². The van der Waals surface area contributed by atoms with Crippen LogP contribution in [0, 0.1) is 0 Å². The topological polar surface area (TPSA) is 138 Å². The molecule has 1 amide bonds. The molecule has 0 saturated carbocycles. The molecule has 14 heteroatoms. The lowest BCUT2D eigenvalue weighted by atomic mass is 10.2. The highest BCUT2D eigenvalue weighted by atomic mass is 32.2. The molecule has 0 aliphatic rings. The predicted molar refractivity (Wildman–Crippen MR) is 87.7 cm³/mol. The Morgan fingerprint density at radius 2 is 1.74 bits per heavy atom. The van der Waals surface area contributed by atoms with E-state index in [0.29, 0.717) is 0 Å². The van der Waals surface area contributed by atoms with Crippen molar-refractivity contribution >= 4 is 44.1 Å². The van der Waals surface area contributed by atoms with Crippen LogP contribution in [0.15, 0.2) is 29.2 Å². The molecule has 1 aromatic heterocycles. The molecule has 0 atom stereocenters. The van der Waals surface area contributed by atoms with Crippen LogP contribution in [0.3, 0.4) is 0 Å². The largest absolute Gasteiger partial charge is 0.481 e. The second kappa shape index (κ2) is 7.87. The van der Waals surface area contributed by atoms with Gasteiger partial charge in [-0.1, -0.05) is 11.3 Å². The number of carboxylic acids is 1. The van der Waals surface area contributed by atoms with E-state index in [0.717, 1.165) is 12.1 Å². The molecule has 0 unspecified atom stereocenters. The van der Waals surface area contributed by atoms with Gasteiger partial charge in [0.05, 0.1) is 11.3 Å². The lowest BCUT2D eigenvalue weighted by Crippen LogP contribution is -2.14. The first kappa shape index (κ1) is 20.6. The van der Waals surface area contributed by atoms with E-state index in [2.05, 4.69) is 15.5 Å². The maximum atomic E-state index is 12.5. The SMILES string of the molecule is O=C(O)CCC(=O)Nc1ccc(S(=O)(=O)Nc2nnc(C(F)(F)F)s2)cc1. The highest BCUT2D eigenvalue weighted by Gasteiger charge is 2.36. The van der Waals surface area contributed by atoms with E-state index in [4.69, 9.17) is 5.11 Å². The number of carboxylic acid groups (broad SMARTS) is 1. The number of benzene rings is 1. The maximum absolute atomic E-state index is 12.5. The Balaban J connectivity index is 2.05. The normalized spacial score (nSPS) is 11.8. The van der Waals surface area contributed by atoms with Gasteiger partial charge in [0.2, 0.25) is 16.0 Å². The Hall–Kier alpha value is -2.74. The van der Waals surface area contributed by atoms with Gasteiger partial charge in [-0.2, -0.15) is 13.2 Å². The van der Waals surface area contributed by atoms with Crippen molar-refractivity contribution in [3.05, 3.63) is 29.3 Å². The second-order valence-corrected chi connectivity index (χ2v) is 7.64. The van der Waals surface area contributed by atoms with Crippen molar-refractivity contribution in [3.63, 3.8) is 0 Å². The first-order valence-corrected chi connectivity index (χ1v) is 9.32. The fraction of sp³-hybridized carbons (Fsp3) is 0.231. The third kappa shape index (κ3) is 5.89. The molecule has 0 aliphatic heterocycles. The van der Waals surface area contributed by atoms with E-state index in [1.807, 2.05) is 4.72 Å². The van der Waals surface area contributed by atoms with Gasteiger partial charge in [-0.15, -0.1) is 10.2 Å². The summed E-state index contributed by atoms with van der Waals surface area (Å²) in [5.74, 6) is -1.71. The number of carbonyl (C=O) groups is 2. The summed E-state index contributed by atoms with van der Waals surface area (Å²) in [4.78, 5) is 21.6. The smallest absolute Gasteiger partial charge is 0.445 e. The maximum Gasteiger partial charge on any atom is 0.445 e. The van der Waals surface area contributed by atoms with Crippen LogP contribution < -0.4 is 10.0 Å². The van der Waals surface area contributed by atoms with Crippen molar-refractivity contribution in [2.24, 2.45) is 0 Å². The summed E-state index contributed by atoms with van der Waals surface area (Å²) in [6.07, 6.45) is -5.35. The molecule has 9 nitrogen and oxygen atoms in total. The number of rotatable bonds is 7. The van der Waals surface area contributed by atoms with Crippen molar-refractivity contribution in [2.45, 2.75) is 23.9 Å². The van der Waals surface area contributed by atoms with Crippen LogP contribution in [-0.2, 0) is 25.8 Å². The van der Waals surface area contributed by atoms with E-state index < -0.39 is 38.2 Å². The third-order valence-electron chi connectivity index (χ3n) is 2.90. The van der Waals surface area contributed by atoms with Crippen LogP contribution >= 0.6 is 11.3 Å². The van der Waals surface area contributed by atoms with Gasteiger partial charge in [0, 0.05) is 12.1 Å². The second-order valence-electron chi connectivity index (χ2n) is 4.98. The minimum Gasteiger partial charge on any atom is -0.481 e. The summed E-state index contributed by atoms with van der Waals surface area (Å²) >= 11 is 0.0382. The van der Waals surface area contributed by atoms with E-state index in [-0.39, 0.29) is 34.8 Å². The summed E-state index contributed by atoms with van der Waals surface area (Å²) in [6.45, 7) is 0. The van der Waals surface area contributed by atoms with Crippen LogP contribution in [0.2, 0.25) is 0 Å². The molecule has 0 spiro atoms. The highest BCUT2D eigenvalue weighted by molar-refractivity contribution is 7.93. The first-order valence-electron chi connectivity index (χ1n) is 7.02. The molecule has 146 valence electrons. The number of hydrogen-bond donors (Lipinski definition) is 3. The zero-order valence-corrected chi connectivity index (χ0v) is 14.8. The van der Waals surface area contributed by atoms with E-state index in [1.165, 1.54) is 12.1 Å². The number of nitrogens with zero attached hydrogens (tertiary/aromatic N) is 2. The number of halogens is 3. The standard InChI is InChI=1S/C13H11F3N4O5S2/c14-13(15,16)11-18-19-12(26-11)20-27(24,25)8-3-1-7(2-4-8)17-9(21)5-6-10(22)23/h1-4H,5-6H2,(H,17,21)(H,19,20)(H,22,23). The lowest BCUT2D eigenvalue weighted by Gasteiger charge is -2.07. The van der Waals surface area contributed by atoms with Gasteiger partial charge < -0.3 is 10.4 Å². The molecule has 0 radical (unpaired) electrons. The zero-order valence-electron chi connectivity index (χ0n) is 13.1. The Labute approximate surface area is 154 Å². The van der Waals surface area contributed by atoms with E-state index >= 15 is 0 Å². The molecule has 2 aromatic rings. The van der Waals surface area contributed by atoms with Crippen LogP contribution in [0.4, 0.5) is 24.0 Å². The Morgan fingerprint density at radius 1 is 1.11 bits per heavy atom. The molecule has 0 aliphatic carbocycles. The predicted octanol–water partition coefficient (Wildman–Crippen LogP) is 2.16. The van der Waals surface area contributed by atoms with Gasteiger partial charge in [0.1, 0.15) is 0 Å². The number of carbonyl (C=O) groups excluding carboxylic acids is 1. The zero-order chi connectivity index (χ0) is 20.2. The molecule has 1 aromatic carbocycles. The number of hydrogen-bond acceptors (Lipinski definition) is 7. The summed E-state index contributed by atoms with van der Waals surface area (Å²) in [6, 6.07) is 4.71. The molecule has 0 fully saturated rings. The van der Waals surface area contributed by atoms with Crippen LogP contribution in [0.1, 0.15) is 17.8 Å². The first-order chi connectivity index (χ1) is 12.5. The van der Waals surface area contributed by atoms with Crippen LogP contribution in [0.5, 0.6) is 0 Å². The summed E-state index contributed by atoms with van der Waals surface area (Å²) in [5, 5.41) is 15.0. The van der Waals surface area contributed by atoms with Gasteiger partial charge >= 0.3 is 12.1 Å². The van der Waals surface area contributed by atoms with E-state index in [1.54, 1.807) is 0 Å². The molecule has 1 heterocycles. The lowest BCUT2D eigenvalue weighted by molar-refractivity contribution is -0.138.